The number of likely N-dealkylation sites (tertiary alicyclic amines) is 1. The van der Waals surface area contributed by atoms with Gasteiger partial charge in [-0.05, 0) is 6.92 Å². The number of hydrogen-bond acceptors (Lipinski definition) is 3. The number of nitrogens with zero attached hydrogens (tertiary/aromatic N) is 1. The highest BCUT2D eigenvalue weighted by Gasteiger charge is 2.35. The molecule has 1 saturated heterocycles. The Morgan fingerprint density at radius 2 is 2.14 bits per heavy atom. The number of halogens is 1. The fraction of sp³-hybridized carbons (Fsp3) is 0.889. The van der Waals surface area contributed by atoms with E-state index in [-0.39, 0.29) is 12.8 Å². The lowest BCUT2D eigenvalue weighted by atomic mass is 9.95. The lowest BCUT2D eigenvalue weighted by Crippen LogP contribution is -2.46. The van der Waals surface area contributed by atoms with Crippen molar-refractivity contribution in [3.8, 4) is 0 Å². The molecule has 1 fully saturated rings. The summed E-state index contributed by atoms with van der Waals surface area (Å²) in [6, 6.07) is 0. The quantitative estimate of drug-likeness (QED) is 0.729. The van der Waals surface area contributed by atoms with Crippen molar-refractivity contribution < 1.29 is 19.0 Å². The van der Waals surface area contributed by atoms with Gasteiger partial charge in [0.05, 0.1) is 13.2 Å². The fourth-order valence-electron chi connectivity index (χ4n) is 1.46. The van der Waals surface area contributed by atoms with E-state index in [4.69, 9.17) is 9.84 Å². The number of alkyl halides is 1. The van der Waals surface area contributed by atoms with Crippen LogP contribution in [-0.2, 0) is 4.74 Å². The number of hydrogen-bond donors (Lipinski definition) is 1. The first-order valence-corrected chi connectivity index (χ1v) is 4.83. The highest BCUT2D eigenvalue weighted by atomic mass is 19.1. The number of amides is 1. The highest BCUT2D eigenvalue weighted by Crippen LogP contribution is 2.25. The maximum Gasteiger partial charge on any atom is 0.409 e. The summed E-state index contributed by atoms with van der Waals surface area (Å²) < 4.78 is 18.3. The van der Waals surface area contributed by atoms with Crippen LogP contribution >= 0.6 is 0 Å². The Morgan fingerprint density at radius 3 is 2.57 bits per heavy atom. The molecule has 0 aliphatic carbocycles. The van der Waals surface area contributed by atoms with Crippen molar-refractivity contribution in [2.45, 2.75) is 25.4 Å². The Hall–Kier alpha value is -0.840. The standard InChI is InChI=1S/C9H16FNO3/c1-2-14-8(13)11-5-3-9(10,7-12)4-6-11/h12H,2-7H2,1H3. The SMILES string of the molecule is CCOC(=O)N1CCC(F)(CO)CC1. The van der Waals surface area contributed by atoms with Crippen LogP contribution < -0.4 is 0 Å². The summed E-state index contributed by atoms with van der Waals surface area (Å²) >= 11 is 0. The van der Waals surface area contributed by atoms with Crippen LogP contribution in [0, 0.1) is 0 Å². The molecule has 0 atom stereocenters. The average Bonchev–Trinajstić information content (AvgIpc) is 2.19. The second-order valence-electron chi connectivity index (χ2n) is 3.49. The van der Waals surface area contributed by atoms with E-state index >= 15 is 0 Å². The molecule has 1 amide bonds. The number of aliphatic hydroxyl groups excluding tert-OH is 1. The molecule has 1 aliphatic rings. The third-order valence-electron chi connectivity index (χ3n) is 2.47. The zero-order chi connectivity index (χ0) is 10.6. The van der Waals surface area contributed by atoms with E-state index in [1.165, 1.54) is 4.90 Å². The van der Waals surface area contributed by atoms with Gasteiger partial charge in [0.15, 0.2) is 0 Å². The molecule has 4 nitrogen and oxygen atoms in total. The van der Waals surface area contributed by atoms with Crippen LogP contribution in [0.4, 0.5) is 9.18 Å². The minimum Gasteiger partial charge on any atom is -0.450 e. The monoisotopic (exact) mass is 205 g/mol. The van der Waals surface area contributed by atoms with Crippen molar-refractivity contribution in [1.82, 2.24) is 4.90 Å². The third-order valence-corrected chi connectivity index (χ3v) is 2.47. The van der Waals surface area contributed by atoms with E-state index in [0.717, 1.165) is 0 Å². The van der Waals surface area contributed by atoms with Crippen molar-refractivity contribution in [3.05, 3.63) is 0 Å². The topological polar surface area (TPSA) is 49.8 Å². The number of ether oxygens (including phenoxy) is 1. The summed E-state index contributed by atoms with van der Waals surface area (Å²) in [5, 5.41) is 8.77. The van der Waals surface area contributed by atoms with Crippen LogP contribution in [-0.4, -0.2) is 48.1 Å². The maximum absolute atomic E-state index is 13.5. The summed E-state index contributed by atoms with van der Waals surface area (Å²) in [6.45, 7) is 2.22. The van der Waals surface area contributed by atoms with Crippen molar-refractivity contribution in [3.63, 3.8) is 0 Å². The molecule has 0 aromatic carbocycles. The van der Waals surface area contributed by atoms with Gasteiger partial charge in [-0.3, -0.25) is 0 Å². The molecule has 82 valence electrons. The van der Waals surface area contributed by atoms with Gasteiger partial charge in [-0.2, -0.15) is 0 Å². The van der Waals surface area contributed by atoms with E-state index < -0.39 is 18.4 Å². The summed E-state index contributed by atoms with van der Waals surface area (Å²) in [5.74, 6) is 0. The molecule has 0 spiro atoms. The van der Waals surface area contributed by atoms with E-state index in [0.29, 0.717) is 19.7 Å². The Morgan fingerprint density at radius 1 is 1.57 bits per heavy atom. The summed E-state index contributed by atoms with van der Waals surface area (Å²) in [5.41, 5.74) is -1.51. The Bertz CT molecular complexity index is 202. The van der Waals surface area contributed by atoms with Gasteiger partial charge >= 0.3 is 6.09 Å². The molecule has 1 heterocycles. The molecule has 5 heteroatoms. The van der Waals surface area contributed by atoms with E-state index in [2.05, 4.69) is 0 Å². The second kappa shape index (κ2) is 4.59. The van der Waals surface area contributed by atoms with Gasteiger partial charge in [0, 0.05) is 25.9 Å². The third kappa shape index (κ3) is 2.57. The number of carbonyl (C=O) groups is 1. The van der Waals surface area contributed by atoms with Gasteiger partial charge in [0.25, 0.3) is 0 Å². The molecule has 1 N–H and O–H groups in total. The predicted molar refractivity (Wildman–Crippen MR) is 48.8 cm³/mol. The minimum atomic E-state index is -1.51. The molecule has 14 heavy (non-hydrogen) atoms. The Kier molecular flexibility index (Phi) is 3.69. The molecular formula is C9H16FNO3. The number of carbonyl (C=O) groups excluding carboxylic acids is 1. The maximum atomic E-state index is 13.5. The van der Waals surface area contributed by atoms with E-state index in [1.807, 2.05) is 0 Å². The van der Waals surface area contributed by atoms with E-state index in [9.17, 15) is 9.18 Å². The fourth-order valence-corrected chi connectivity index (χ4v) is 1.46. The molecular weight excluding hydrogens is 189 g/mol. The van der Waals surface area contributed by atoms with E-state index in [1.54, 1.807) is 6.92 Å². The van der Waals surface area contributed by atoms with Crippen LogP contribution in [0.25, 0.3) is 0 Å². The van der Waals surface area contributed by atoms with Crippen molar-refractivity contribution >= 4 is 6.09 Å². The first-order valence-electron chi connectivity index (χ1n) is 4.83. The molecule has 0 bridgehead atoms. The van der Waals surface area contributed by atoms with Crippen molar-refractivity contribution in [2.24, 2.45) is 0 Å². The predicted octanol–water partition coefficient (Wildman–Crippen LogP) is 0.939. The number of piperidine rings is 1. The minimum absolute atomic E-state index is 0.183. The van der Waals surface area contributed by atoms with Gasteiger partial charge in [0.1, 0.15) is 5.67 Å². The molecule has 0 aromatic rings. The van der Waals surface area contributed by atoms with Gasteiger partial charge in [0.2, 0.25) is 0 Å². The Labute approximate surface area is 82.6 Å². The molecule has 1 rings (SSSR count). The first kappa shape index (κ1) is 11.2. The number of rotatable bonds is 2. The smallest absolute Gasteiger partial charge is 0.409 e. The van der Waals surface area contributed by atoms with Crippen molar-refractivity contribution in [1.29, 1.82) is 0 Å². The summed E-state index contributed by atoms with van der Waals surface area (Å²) in [7, 11) is 0. The molecule has 0 unspecified atom stereocenters. The molecule has 0 saturated carbocycles. The summed E-state index contributed by atoms with van der Waals surface area (Å²) in [4.78, 5) is 12.7. The van der Waals surface area contributed by atoms with Crippen LogP contribution in [0.3, 0.4) is 0 Å². The zero-order valence-electron chi connectivity index (χ0n) is 8.33. The van der Waals surface area contributed by atoms with Crippen LogP contribution in [0.1, 0.15) is 19.8 Å². The lowest BCUT2D eigenvalue weighted by Gasteiger charge is -2.34. The van der Waals surface area contributed by atoms with Crippen LogP contribution in [0.2, 0.25) is 0 Å². The van der Waals surface area contributed by atoms with Gasteiger partial charge in [-0.15, -0.1) is 0 Å². The lowest BCUT2D eigenvalue weighted by molar-refractivity contribution is 0.00711. The second-order valence-corrected chi connectivity index (χ2v) is 3.49. The first-order chi connectivity index (χ1) is 6.61. The van der Waals surface area contributed by atoms with Crippen LogP contribution in [0.5, 0.6) is 0 Å². The van der Waals surface area contributed by atoms with Crippen molar-refractivity contribution in [2.75, 3.05) is 26.3 Å². The highest BCUT2D eigenvalue weighted by molar-refractivity contribution is 5.67. The largest absolute Gasteiger partial charge is 0.450 e. The van der Waals surface area contributed by atoms with Gasteiger partial charge in [-0.25, -0.2) is 9.18 Å². The zero-order valence-corrected chi connectivity index (χ0v) is 8.33. The molecule has 1 aliphatic heterocycles. The average molecular weight is 205 g/mol. The number of aliphatic hydroxyl groups is 1. The van der Waals surface area contributed by atoms with Gasteiger partial charge < -0.3 is 14.7 Å². The van der Waals surface area contributed by atoms with Crippen LogP contribution in [0.15, 0.2) is 0 Å². The normalized spacial score (nSPS) is 20.6. The molecule has 0 radical (unpaired) electrons. The Balaban J connectivity index is 2.39. The molecule has 0 aromatic heterocycles. The summed E-state index contributed by atoms with van der Waals surface area (Å²) in [6.07, 6.45) is -0.0301. The van der Waals surface area contributed by atoms with Gasteiger partial charge in [-0.1, -0.05) is 0 Å².